The molecule has 36 heavy (non-hydrogen) atoms. The van der Waals surface area contributed by atoms with Crippen molar-refractivity contribution in [1.29, 1.82) is 0 Å². The molecule has 2 aromatic heterocycles. The van der Waals surface area contributed by atoms with Crippen LogP contribution in [0.4, 0.5) is 24.8 Å². The summed E-state index contributed by atoms with van der Waals surface area (Å²) in [6, 6.07) is 0.0780. The largest absolute Gasteiger partial charge is 0.414 e. The lowest BCUT2D eigenvalue weighted by Crippen LogP contribution is -2.43. The molecule has 12 nitrogen and oxygen atoms in total. The Hall–Kier alpha value is -2.53. The average molecular weight is 533 g/mol. The second-order valence-electron chi connectivity index (χ2n) is 8.91. The molecule has 0 aliphatic carbocycles. The van der Waals surface area contributed by atoms with E-state index in [-0.39, 0.29) is 24.9 Å². The summed E-state index contributed by atoms with van der Waals surface area (Å²) < 4.78 is 72.6. The molecule has 2 aromatic rings. The van der Waals surface area contributed by atoms with Crippen molar-refractivity contribution < 1.29 is 31.4 Å². The van der Waals surface area contributed by atoms with Gasteiger partial charge in [-0.05, 0) is 25.3 Å². The van der Waals surface area contributed by atoms with Crippen LogP contribution in [0.15, 0.2) is 18.6 Å². The molecule has 5 heterocycles. The van der Waals surface area contributed by atoms with Crippen LogP contribution in [0.1, 0.15) is 37.9 Å². The van der Waals surface area contributed by atoms with Crippen molar-refractivity contribution in [2.45, 2.75) is 56.5 Å². The molecular formula is C20H27F3N8O4S. The Morgan fingerprint density at radius 3 is 2.81 bits per heavy atom. The van der Waals surface area contributed by atoms with Crippen LogP contribution < -0.4 is 10.2 Å². The summed E-state index contributed by atoms with van der Waals surface area (Å²) in [7, 11) is 0. The summed E-state index contributed by atoms with van der Waals surface area (Å²) in [6.45, 7) is 1.28. The lowest BCUT2D eigenvalue weighted by Gasteiger charge is -2.37. The summed E-state index contributed by atoms with van der Waals surface area (Å²) in [5, 5.41) is 14.6. The monoisotopic (exact) mass is 532 g/mol. The predicted molar refractivity (Wildman–Crippen MR) is 123 cm³/mol. The van der Waals surface area contributed by atoms with Gasteiger partial charge in [0.05, 0.1) is 18.0 Å². The number of halogens is 3. The number of aromatic amines is 1. The van der Waals surface area contributed by atoms with Gasteiger partial charge in [-0.2, -0.15) is 27.9 Å². The molecule has 0 amide bonds. The fourth-order valence-electron chi connectivity index (χ4n) is 4.57. The number of H-pyrrole nitrogens is 1. The van der Waals surface area contributed by atoms with Crippen LogP contribution in [0.2, 0.25) is 0 Å². The average Bonchev–Trinajstić information content (AvgIpc) is 3.50. The Labute approximate surface area is 207 Å². The first kappa shape index (κ1) is 25.1. The molecule has 2 fully saturated rings. The summed E-state index contributed by atoms with van der Waals surface area (Å²) in [6.07, 6.45) is 0.301. The number of hydrogen-bond donors (Lipinski definition) is 3. The lowest BCUT2D eigenvalue weighted by molar-refractivity contribution is -0.248. The quantitative estimate of drug-likeness (QED) is 0.456. The van der Waals surface area contributed by atoms with Crippen LogP contribution in [-0.2, 0) is 20.6 Å². The van der Waals surface area contributed by atoms with Crippen LogP contribution in [0.25, 0.3) is 6.08 Å². The highest BCUT2D eigenvalue weighted by Gasteiger charge is 2.45. The molecule has 16 heteroatoms. The number of piperidine rings is 1. The predicted octanol–water partition coefficient (Wildman–Crippen LogP) is 2.13. The zero-order chi connectivity index (χ0) is 25.3. The maximum Gasteiger partial charge on any atom is 0.414 e. The normalized spacial score (nSPS) is 26.7. The third-order valence-corrected chi connectivity index (χ3v) is 6.99. The van der Waals surface area contributed by atoms with Gasteiger partial charge in [-0.25, -0.2) is 4.21 Å². The number of fused-ring (bicyclic) bond motifs is 1. The Kier molecular flexibility index (Phi) is 7.30. The van der Waals surface area contributed by atoms with E-state index < -0.39 is 35.8 Å². The van der Waals surface area contributed by atoms with E-state index in [0.29, 0.717) is 37.0 Å². The zero-order valence-electron chi connectivity index (χ0n) is 19.2. The highest BCUT2D eigenvalue weighted by Crippen LogP contribution is 2.35. The van der Waals surface area contributed by atoms with Gasteiger partial charge in [-0.3, -0.25) is 14.9 Å². The van der Waals surface area contributed by atoms with Gasteiger partial charge >= 0.3 is 6.18 Å². The minimum absolute atomic E-state index is 0.0529. The number of anilines is 2. The first-order valence-corrected chi connectivity index (χ1v) is 12.9. The van der Waals surface area contributed by atoms with Crippen molar-refractivity contribution in [2.75, 3.05) is 35.8 Å². The highest BCUT2D eigenvalue weighted by atomic mass is 32.2. The van der Waals surface area contributed by atoms with E-state index in [0.717, 1.165) is 12.8 Å². The Morgan fingerprint density at radius 2 is 2.11 bits per heavy atom. The van der Waals surface area contributed by atoms with Crippen molar-refractivity contribution >= 4 is 28.8 Å². The number of likely N-dealkylation sites (tertiary alicyclic amines) is 1. The Balaban J connectivity index is 1.31. The van der Waals surface area contributed by atoms with E-state index in [1.165, 1.54) is 4.68 Å². The number of nitrogens with one attached hydrogen (secondary N) is 2. The van der Waals surface area contributed by atoms with Crippen molar-refractivity contribution in [3.05, 3.63) is 24.4 Å². The first-order valence-electron chi connectivity index (χ1n) is 11.6. The first-order chi connectivity index (χ1) is 17.3. The van der Waals surface area contributed by atoms with Crippen molar-refractivity contribution in [2.24, 2.45) is 0 Å². The molecular weight excluding hydrogens is 505 g/mol. The number of aromatic nitrogens is 5. The fourth-order valence-corrected chi connectivity index (χ4v) is 5.14. The van der Waals surface area contributed by atoms with Gasteiger partial charge in [-0.15, -0.1) is 5.10 Å². The van der Waals surface area contributed by atoms with Gasteiger partial charge in [0.1, 0.15) is 5.88 Å². The molecule has 3 aliphatic heterocycles. The number of hydrogen-bond acceptors (Lipinski definition) is 9. The van der Waals surface area contributed by atoms with Gasteiger partial charge < -0.3 is 19.3 Å². The SMILES string of the molecule is O=S(O)CN1CCC(Nc2nc3n(n2)C(OC2CCOC(C(F)(F)F)C2)N(c2cn[nH]c2)C=C3)CC1. The van der Waals surface area contributed by atoms with Gasteiger partial charge in [0.25, 0.3) is 0 Å². The standard InChI is InChI=1S/C20H27F3N8O4S/c21-20(22,23)16-9-15(4-8-34-16)35-19-30(14-10-24-25-11-14)7-3-17-27-18(28-31(17)19)26-13-1-5-29(6-2-13)12-36(32)33/h3,7,10-11,13,15-16,19H,1-2,4-6,8-9,12H2,(H,24,25)(H,26,28)(H,32,33). The third-order valence-electron chi connectivity index (χ3n) is 6.40. The molecule has 4 unspecified atom stereocenters. The van der Waals surface area contributed by atoms with Gasteiger partial charge in [0.15, 0.2) is 23.0 Å². The van der Waals surface area contributed by atoms with Crippen molar-refractivity contribution in [3.63, 3.8) is 0 Å². The van der Waals surface area contributed by atoms with Crippen LogP contribution >= 0.6 is 0 Å². The van der Waals surface area contributed by atoms with Gasteiger partial charge in [0, 0.05) is 44.6 Å². The van der Waals surface area contributed by atoms with E-state index in [1.807, 2.05) is 4.90 Å². The topological polar surface area (TPSA) is 134 Å². The molecule has 0 saturated carbocycles. The maximum absolute atomic E-state index is 13.3. The molecule has 4 atom stereocenters. The van der Waals surface area contributed by atoms with E-state index >= 15 is 0 Å². The van der Waals surface area contributed by atoms with E-state index in [1.54, 1.807) is 29.6 Å². The Bertz CT molecular complexity index is 1070. The number of alkyl halides is 3. The molecule has 198 valence electrons. The second-order valence-corrected chi connectivity index (χ2v) is 9.82. The molecule has 0 bridgehead atoms. The van der Waals surface area contributed by atoms with Gasteiger partial charge in [0.2, 0.25) is 12.3 Å². The highest BCUT2D eigenvalue weighted by molar-refractivity contribution is 7.79. The van der Waals surface area contributed by atoms with Crippen LogP contribution in [0.5, 0.6) is 0 Å². The molecule has 3 N–H and O–H groups in total. The molecule has 0 radical (unpaired) electrons. The van der Waals surface area contributed by atoms with Crippen molar-refractivity contribution in [1.82, 2.24) is 29.9 Å². The number of nitrogens with zero attached hydrogens (tertiary/aromatic N) is 6. The lowest BCUT2D eigenvalue weighted by atomic mass is 10.1. The third kappa shape index (κ3) is 5.72. The van der Waals surface area contributed by atoms with Crippen LogP contribution in [-0.4, -0.2) is 88.6 Å². The van der Waals surface area contributed by atoms with E-state index in [2.05, 4.69) is 25.6 Å². The van der Waals surface area contributed by atoms with Crippen LogP contribution in [0, 0.1) is 0 Å². The number of ether oxygens (including phenoxy) is 2. The van der Waals surface area contributed by atoms with E-state index in [9.17, 15) is 17.4 Å². The molecule has 3 aliphatic rings. The fraction of sp³-hybridized carbons (Fsp3) is 0.650. The summed E-state index contributed by atoms with van der Waals surface area (Å²) >= 11 is -1.86. The smallest absolute Gasteiger partial charge is 0.369 e. The van der Waals surface area contributed by atoms with Gasteiger partial charge in [-0.1, -0.05) is 0 Å². The maximum atomic E-state index is 13.3. The molecule has 5 rings (SSSR count). The molecule has 0 aromatic carbocycles. The number of rotatable bonds is 7. The van der Waals surface area contributed by atoms with Crippen LogP contribution in [0.3, 0.4) is 0 Å². The summed E-state index contributed by atoms with van der Waals surface area (Å²) in [5.74, 6) is 0.995. The van der Waals surface area contributed by atoms with E-state index in [4.69, 9.17) is 14.0 Å². The Morgan fingerprint density at radius 1 is 1.31 bits per heavy atom. The second kappa shape index (κ2) is 10.5. The molecule has 2 saturated heterocycles. The molecule has 0 spiro atoms. The summed E-state index contributed by atoms with van der Waals surface area (Å²) in [4.78, 5) is 8.19. The minimum Gasteiger partial charge on any atom is -0.369 e. The zero-order valence-corrected chi connectivity index (χ0v) is 20.0. The minimum atomic E-state index is -4.46. The van der Waals surface area contributed by atoms with Crippen molar-refractivity contribution in [3.8, 4) is 0 Å². The summed E-state index contributed by atoms with van der Waals surface area (Å²) in [5.41, 5.74) is 0.653.